The van der Waals surface area contributed by atoms with Crippen molar-refractivity contribution in [2.24, 2.45) is 5.73 Å². The van der Waals surface area contributed by atoms with E-state index in [0.717, 1.165) is 17.7 Å². The highest BCUT2D eigenvalue weighted by molar-refractivity contribution is 7.80. The van der Waals surface area contributed by atoms with Crippen LogP contribution in [0, 0.1) is 0 Å². The lowest BCUT2D eigenvalue weighted by Crippen LogP contribution is -2.14. The molecule has 0 aliphatic rings. The van der Waals surface area contributed by atoms with E-state index in [0.29, 0.717) is 18.2 Å². The van der Waals surface area contributed by atoms with Gasteiger partial charge in [-0.25, -0.2) is 0 Å². The Morgan fingerprint density at radius 1 is 1.41 bits per heavy atom. The van der Waals surface area contributed by atoms with Crippen LogP contribution in [0.1, 0.15) is 25.8 Å². The number of rotatable bonds is 7. The normalized spacial score (nSPS) is 12.1. The third-order valence-electron chi connectivity index (χ3n) is 2.45. The van der Waals surface area contributed by atoms with Gasteiger partial charge in [0.25, 0.3) is 0 Å². The number of hydrogen-bond acceptors (Lipinski definition) is 3. The molecule has 0 radical (unpaired) electrons. The van der Waals surface area contributed by atoms with Crippen molar-refractivity contribution in [3.63, 3.8) is 0 Å². The molecule has 0 bridgehead atoms. The Balaban J connectivity index is 2.36. The van der Waals surface area contributed by atoms with Gasteiger partial charge >= 0.3 is 0 Å². The number of ether oxygens (including phenoxy) is 2. The van der Waals surface area contributed by atoms with Crippen molar-refractivity contribution in [3.8, 4) is 5.75 Å². The number of hydrogen-bond donors (Lipinski definition) is 1. The fraction of sp³-hybridized carbons (Fsp3) is 0.462. The highest BCUT2D eigenvalue weighted by Crippen LogP contribution is 2.13. The maximum Gasteiger partial charge on any atom is 0.120 e. The van der Waals surface area contributed by atoms with E-state index in [4.69, 9.17) is 27.4 Å². The second-order valence-electron chi connectivity index (χ2n) is 3.83. The van der Waals surface area contributed by atoms with E-state index < -0.39 is 0 Å². The minimum Gasteiger partial charge on any atom is -0.491 e. The molecule has 17 heavy (non-hydrogen) atoms. The lowest BCUT2D eigenvalue weighted by Gasteiger charge is -2.11. The quantitative estimate of drug-likeness (QED) is 0.599. The van der Waals surface area contributed by atoms with Crippen LogP contribution >= 0.6 is 12.2 Å². The van der Waals surface area contributed by atoms with Crippen LogP contribution < -0.4 is 10.5 Å². The first kappa shape index (κ1) is 13.9. The summed E-state index contributed by atoms with van der Waals surface area (Å²) in [5, 5.41) is 0. The SMILES string of the molecule is CCC(C)OCCOc1cccc(C(N)=S)c1. The number of thiocarbonyl (C=S) groups is 1. The molecular formula is C13H19NO2S. The van der Waals surface area contributed by atoms with Crippen LogP contribution in [0.4, 0.5) is 0 Å². The van der Waals surface area contributed by atoms with Gasteiger partial charge in [0.15, 0.2) is 0 Å². The average molecular weight is 253 g/mol. The van der Waals surface area contributed by atoms with Crippen LogP contribution in [0.2, 0.25) is 0 Å². The zero-order valence-electron chi connectivity index (χ0n) is 10.3. The lowest BCUT2D eigenvalue weighted by molar-refractivity contribution is 0.0427. The Kier molecular flexibility index (Phi) is 5.94. The first-order valence-corrected chi connectivity index (χ1v) is 6.18. The summed E-state index contributed by atoms with van der Waals surface area (Å²) < 4.78 is 11.1. The molecule has 0 aromatic heterocycles. The first-order chi connectivity index (χ1) is 8.13. The molecule has 4 heteroatoms. The summed E-state index contributed by atoms with van der Waals surface area (Å²) in [6.45, 7) is 5.27. The van der Waals surface area contributed by atoms with Crippen LogP contribution in [-0.4, -0.2) is 24.3 Å². The summed E-state index contributed by atoms with van der Waals surface area (Å²) in [5.74, 6) is 0.767. The molecule has 0 amide bonds. The molecule has 1 rings (SSSR count). The molecule has 0 heterocycles. The standard InChI is InChI=1S/C13H19NO2S/c1-3-10(2)15-7-8-16-12-6-4-5-11(9-12)13(14)17/h4-6,9-10H,3,7-8H2,1-2H3,(H2,14,17). The molecule has 3 nitrogen and oxygen atoms in total. The Bertz CT molecular complexity index is 368. The molecule has 1 aromatic carbocycles. The fourth-order valence-corrected chi connectivity index (χ4v) is 1.39. The van der Waals surface area contributed by atoms with Gasteiger partial charge in [0.05, 0.1) is 12.7 Å². The molecule has 1 aromatic rings. The average Bonchev–Trinajstić information content (AvgIpc) is 2.34. The summed E-state index contributed by atoms with van der Waals surface area (Å²) >= 11 is 4.90. The maximum atomic E-state index is 5.55. The molecule has 1 unspecified atom stereocenters. The van der Waals surface area contributed by atoms with Gasteiger partial charge < -0.3 is 15.2 Å². The maximum absolute atomic E-state index is 5.55. The molecule has 0 aliphatic heterocycles. The Morgan fingerprint density at radius 3 is 2.82 bits per heavy atom. The van der Waals surface area contributed by atoms with Gasteiger partial charge in [0.1, 0.15) is 17.3 Å². The van der Waals surface area contributed by atoms with Gasteiger partial charge in [-0.3, -0.25) is 0 Å². The predicted octanol–water partition coefficient (Wildman–Crippen LogP) is 2.51. The van der Waals surface area contributed by atoms with Gasteiger partial charge in [-0.05, 0) is 25.5 Å². The van der Waals surface area contributed by atoms with Gasteiger partial charge in [0, 0.05) is 5.56 Å². The largest absolute Gasteiger partial charge is 0.491 e. The zero-order chi connectivity index (χ0) is 12.7. The van der Waals surface area contributed by atoms with Crippen molar-refractivity contribution in [1.29, 1.82) is 0 Å². The Labute approximate surface area is 108 Å². The predicted molar refractivity (Wildman–Crippen MR) is 73.5 cm³/mol. The molecule has 0 saturated heterocycles. The first-order valence-electron chi connectivity index (χ1n) is 5.77. The Morgan fingerprint density at radius 2 is 2.18 bits per heavy atom. The van der Waals surface area contributed by atoms with Crippen LogP contribution in [0.15, 0.2) is 24.3 Å². The third-order valence-corrected chi connectivity index (χ3v) is 2.68. The van der Waals surface area contributed by atoms with Crippen molar-refractivity contribution in [1.82, 2.24) is 0 Å². The minimum absolute atomic E-state index is 0.279. The van der Waals surface area contributed by atoms with Crippen LogP contribution in [0.3, 0.4) is 0 Å². The van der Waals surface area contributed by atoms with E-state index in [-0.39, 0.29) is 6.10 Å². The molecule has 2 N–H and O–H groups in total. The van der Waals surface area contributed by atoms with Crippen LogP contribution in [-0.2, 0) is 4.74 Å². The molecule has 0 fully saturated rings. The summed E-state index contributed by atoms with van der Waals surface area (Å²) in [7, 11) is 0. The van der Waals surface area contributed by atoms with Crippen molar-refractivity contribution < 1.29 is 9.47 Å². The lowest BCUT2D eigenvalue weighted by atomic mass is 10.2. The molecule has 0 aliphatic carbocycles. The van der Waals surface area contributed by atoms with Crippen LogP contribution in [0.25, 0.3) is 0 Å². The van der Waals surface area contributed by atoms with Crippen molar-refractivity contribution in [2.45, 2.75) is 26.4 Å². The van der Waals surface area contributed by atoms with E-state index in [9.17, 15) is 0 Å². The second-order valence-corrected chi connectivity index (χ2v) is 4.27. The van der Waals surface area contributed by atoms with Crippen molar-refractivity contribution in [2.75, 3.05) is 13.2 Å². The van der Waals surface area contributed by atoms with Crippen molar-refractivity contribution >= 4 is 17.2 Å². The highest BCUT2D eigenvalue weighted by Gasteiger charge is 2.00. The topological polar surface area (TPSA) is 44.5 Å². The smallest absolute Gasteiger partial charge is 0.120 e. The summed E-state index contributed by atoms with van der Waals surface area (Å²) in [6, 6.07) is 7.46. The van der Waals surface area contributed by atoms with Crippen molar-refractivity contribution in [3.05, 3.63) is 29.8 Å². The number of nitrogens with two attached hydrogens (primary N) is 1. The van der Waals surface area contributed by atoms with Crippen LogP contribution in [0.5, 0.6) is 5.75 Å². The molecule has 0 saturated carbocycles. The fourth-order valence-electron chi connectivity index (χ4n) is 1.27. The molecule has 0 spiro atoms. The molecule has 1 atom stereocenters. The van der Waals surface area contributed by atoms with E-state index >= 15 is 0 Å². The highest BCUT2D eigenvalue weighted by atomic mass is 32.1. The monoisotopic (exact) mass is 253 g/mol. The summed E-state index contributed by atoms with van der Waals surface area (Å²) in [4.78, 5) is 0.381. The minimum atomic E-state index is 0.279. The summed E-state index contributed by atoms with van der Waals surface area (Å²) in [6.07, 6.45) is 1.29. The van der Waals surface area contributed by atoms with E-state index in [1.807, 2.05) is 31.2 Å². The van der Waals surface area contributed by atoms with E-state index in [1.165, 1.54) is 0 Å². The van der Waals surface area contributed by atoms with Gasteiger partial charge in [-0.15, -0.1) is 0 Å². The number of benzene rings is 1. The molecule has 94 valence electrons. The zero-order valence-corrected chi connectivity index (χ0v) is 11.1. The Hall–Kier alpha value is -1.13. The molecular weight excluding hydrogens is 234 g/mol. The van der Waals surface area contributed by atoms with Gasteiger partial charge in [0.2, 0.25) is 0 Å². The third kappa shape index (κ3) is 5.15. The van der Waals surface area contributed by atoms with Gasteiger partial charge in [-0.2, -0.15) is 0 Å². The van der Waals surface area contributed by atoms with Gasteiger partial charge in [-0.1, -0.05) is 31.3 Å². The van der Waals surface area contributed by atoms with E-state index in [1.54, 1.807) is 0 Å². The summed E-state index contributed by atoms with van der Waals surface area (Å²) in [5.41, 5.74) is 6.37. The second kappa shape index (κ2) is 7.25. The van der Waals surface area contributed by atoms with E-state index in [2.05, 4.69) is 6.92 Å².